The molecule has 0 fully saturated rings. The number of hydrogen-bond donors (Lipinski definition) is 1. The Morgan fingerprint density at radius 2 is 0.893 bits per heavy atom. The van der Waals surface area contributed by atoms with E-state index >= 15 is 0 Å². The predicted molar refractivity (Wildman–Crippen MR) is 121 cm³/mol. The third-order valence-corrected chi connectivity index (χ3v) is 5.47. The van der Waals surface area contributed by atoms with E-state index in [2.05, 4.69) is 16.4 Å². The van der Waals surface area contributed by atoms with Crippen molar-refractivity contribution < 1.29 is 16.8 Å². The third-order valence-electron chi connectivity index (χ3n) is 4.49. The molecule has 0 aromatic heterocycles. The summed E-state index contributed by atoms with van der Waals surface area (Å²) in [6.45, 7) is 4.27. The highest BCUT2D eigenvalue weighted by molar-refractivity contribution is 7.81. The molecule has 1 N–H and O–H groups in total. The second kappa shape index (κ2) is 24.9. The molecule has 0 aliphatic heterocycles. The third kappa shape index (κ3) is 28.0. The average Bonchev–Trinajstić information content (AvgIpc) is 2.65. The summed E-state index contributed by atoms with van der Waals surface area (Å²) in [6, 6.07) is 0. The maximum atomic E-state index is 11.1. The van der Waals surface area contributed by atoms with Gasteiger partial charge in [0.1, 0.15) is 0 Å². The fourth-order valence-corrected chi connectivity index (χ4v) is 3.67. The molecule has 0 rings (SSSR count). The molecule has 0 unspecified atom stereocenters. The Hall–Kier alpha value is -0.170. The van der Waals surface area contributed by atoms with Crippen LogP contribution in [0.5, 0.6) is 0 Å². The van der Waals surface area contributed by atoms with E-state index in [1.54, 1.807) is 6.92 Å². The van der Waals surface area contributed by atoms with E-state index in [9.17, 15) is 8.42 Å². The molecule has 0 atom stereocenters. The van der Waals surface area contributed by atoms with Gasteiger partial charge in [-0.05, 0) is 27.4 Å². The van der Waals surface area contributed by atoms with E-state index in [-0.39, 0.29) is 13.2 Å². The molecule has 0 bridgehead atoms. The SMILES string of the molecule is CCCCCCCCCCCCCCCCCCOS(=O)(=O)OCC.CNC. The van der Waals surface area contributed by atoms with Crippen LogP contribution in [0.1, 0.15) is 117 Å². The summed E-state index contributed by atoms with van der Waals surface area (Å²) in [4.78, 5) is 0. The molecule has 0 saturated carbocycles. The minimum Gasteiger partial charge on any atom is -0.323 e. The first kappa shape index (κ1) is 30.0. The molecule has 0 spiro atoms. The van der Waals surface area contributed by atoms with Crippen molar-refractivity contribution in [1.29, 1.82) is 0 Å². The number of unbranched alkanes of at least 4 members (excludes halogenated alkanes) is 15. The van der Waals surface area contributed by atoms with E-state index in [1.165, 1.54) is 83.5 Å². The molecule has 0 aliphatic rings. The molecule has 0 heterocycles. The molecule has 172 valence electrons. The van der Waals surface area contributed by atoms with Gasteiger partial charge in [0.15, 0.2) is 0 Å². The topological polar surface area (TPSA) is 64.6 Å². The van der Waals surface area contributed by atoms with Crippen LogP contribution in [0.4, 0.5) is 0 Å². The van der Waals surface area contributed by atoms with Crippen molar-refractivity contribution in [3.8, 4) is 0 Å². The Morgan fingerprint density at radius 3 is 1.21 bits per heavy atom. The van der Waals surface area contributed by atoms with Gasteiger partial charge in [0.25, 0.3) is 0 Å². The van der Waals surface area contributed by atoms with E-state index in [1.807, 2.05) is 14.1 Å². The maximum absolute atomic E-state index is 11.1. The van der Waals surface area contributed by atoms with Crippen LogP contribution in [0.25, 0.3) is 0 Å². The second-order valence-corrected chi connectivity index (χ2v) is 8.73. The first-order valence-electron chi connectivity index (χ1n) is 11.7. The second-order valence-electron chi connectivity index (χ2n) is 7.44. The summed E-state index contributed by atoms with van der Waals surface area (Å²) in [5.41, 5.74) is 0. The van der Waals surface area contributed by atoms with Gasteiger partial charge in [-0.1, -0.05) is 103 Å². The lowest BCUT2D eigenvalue weighted by molar-refractivity contribution is 0.218. The quantitative estimate of drug-likeness (QED) is 0.230. The highest BCUT2D eigenvalue weighted by Crippen LogP contribution is 2.13. The van der Waals surface area contributed by atoms with Crippen LogP contribution in [0, 0.1) is 0 Å². The number of rotatable bonds is 20. The summed E-state index contributed by atoms with van der Waals surface area (Å²) >= 11 is 0. The van der Waals surface area contributed by atoms with Crippen molar-refractivity contribution in [3.63, 3.8) is 0 Å². The van der Waals surface area contributed by atoms with Crippen molar-refractivity contribution in [3.05, 3.63) is 0 Å². The van der Waals surface area contributed by atoms with Crippen molar-refractivity contribution in [2.24, 2.45) is 0 Å². The highest BCUT2D eigenvalue weighted by Gasteiger charge is 2.09. The first-order chi connectivity index (χ1) is 13.5. The minimum absolute atomic E-state index is 0.126. The molecule has 5 nitrogen and oxygen atoms in total. The summed E-state index contributed by atoms with van der Waals surface area (Å²) in [6.07, 6.45) is 20.9. The zero-order valence-electron chi connectivity index (χ0n) is 19.3. The Kier molecular flexibility index (Phi) is 26.7. The van der Waals surface area contributed by atoms with E-state index in [4.69, 9.17) is 4.18 Å². The molecule has 0 aromatic carbocycles. The van der Waals surface area contributed by atoms with Gasteiger partial charge in [0.2, 0.25) is 0 Å². The van der Waals surface area contributed by atoms with Crippen LogP contribution < -0.4 is 5.32 Å². The minimum atomic E-state index is -3.75. The standard InChI is InChI=1S/C20H42O4S.C2H7N/c1-3-5-6-7-8-9-10-11-12-13-14-15-16-17-18-19-20-24-25(21,22)23-4-2;1-3-2/h3-20H2,1-2H3;3H,1-2H3. The smallest absolute Gasteiger partial charge is 0.323 e. The molecule has 0 amide bonds. The lowest BCUT2D eigenvalue weighted by Gasteiger charge is -2.05. The fraction of sp³-hybridized carbons (Fsp3) is 1.00. The van der Waals surface area contributed by atoms with E-state index < -0.39 is 10.4 Å². The average molecular weight is 424 g/mol. The Bertz CT molecular complexity index is 375. The molecule has 0 aromatic rings. The van der Waals surface area contributed by atoms with Crippen LogP contribution in [0.15, 0.2) is 0 Å². The van der Waals surface area contributed by atoms with Crippen LogP contribution in [-0.4, -0.2) is 35.7 Å². The lowest BCUT2D eigenvalue weighted by Crippen LogP contribution is -2.10. The Morgan fingerprint density at radius 1 is 0.571 bits per heavy atom. The van der Waals surface area contributed by atoms with Gasteiger partial charge < -0.3 is 5.32 Å². The van der Waals surface area contributed by atoms with Gasteiger partial charge >= 0.3 is 10.4 Å². The summed E-state index contributed by atoms with van der Waals surface area (Å²) in [5.74, 6) is 0. The van der Waals surface area contributed by atoms with Crippen LogP contribution >= 0.6 is 0 Å². The van der Waals surface area contributed by atoms with E-state index in [0.29, 0.717) is 0 Å². The van der Waals surface area contributed by atoms with Gasteiger partial charge in [0, 0.05) is 0 Å². The highest BCUT2D eigenvalue weighted by atomic mass is 32.3. The van der Waals surface area contributed by atoms with Gasteiger partial charge in [-0.25, -0.2) is 8.37 Å². The summed E-state index contributed by atoms with van der Waals surface area (Å²) in [7, 11) is -0.00237. The Balaban J connectivity index is 0. The fourth-order valence-electron chi connectivity index (χ4n) is 2.99. The normalized spacial score (nSPS) is 11.3. The molecule has 0 saturated heterocycles. The largest absolute Gasteiger partial charge is 0.399 e. The molecular formula is C22H49NO4S. The maximum Gasteiger partial charge on any atom is 0.399 e. The molecule has 0 radical (unpaired) electrons. The van der Waals surface area contributed by atoms with Gasteiger partial charge in [-0.3, -0.25) is 0 Å². The zero-order valence-corrected chi connectivity index (χ0v) is 20.1. The number of nitrogens with one attached hydrogen (secondary N) is 1. The van der Waals surface area contributed by atoms with Crippen LogP contribution in [-0.2, 0) is 18.8 Å². The first-order valence-corrected chi connectivity index (χ1v) is 13.0. The number of hydrogen-bond acceptors (Lipinski definition) is 5. The molecule has 0 aliphatic carbocycles. The molecule has 28 heavy (non-hydrogen) atoms. The molecule has 6 heteroatoms. The lowest BCUT2D eigenvalue weighted by atomic mass is 10.0. The van der Waals surface area contributed by atoms with Crippen LogP contribution in [0.2, 0.25) is 0 Å². The van der Waals surface area contributed by atoms with Crippen molar-refractivity contribution in [2.75, 3.05) is 27.3 Å². The van der Waals surface area contributed by atoms with E-state index in [0.717, 1.165) is 19.3 Å². The zero-order chi connectivity index (χ0) is 21.3. The Labute approximate surface area is 176 Å². The van der Waals surface area contributed by atoms with Crippen molar-refractivity contribution in [2.45, 2.75) is 117 Å². The van der Waals surface area contributed by atoms with Gasteiger partial charge in [0.05, 0.1) is 13.2 Å². The van der Waals surface area contributed by atoms with Crippen LogP contribution in [0.3, 0.4) is 0 Å². The summed E-state index contributed by atoms with van der Waals surface area (Å²) in [5, 5.41) is 2.75. The van der Waals surface area contributed by atoms with Crippen molar-refractivity contribution in [1.82, 2.24) is 5.32 Å². The molecular weight excluding hydrogens is 374 g/mol. The van der Waals surface area contributed by atoms with Gasteiger partial charge in [-0.15, -0.1) is 0 Å². The summed E-state index contributed by atoms with van der Waals surface area (Å²) < 4.78 is 31.5. The predicted octanol–water partition coefficient (Wildman–Crippen LogP) is 6.38. The monoisotopic (exact) mass is 423 g/mol. The van der Waals surface area contributed by atoms with Gasteiger partial charge in [-0.2, -0.15) is 8.42 Å². The van der Waals surface area contributed by atoms with Crippen molar-refractivity contribution >= 4 is 10.4 Å².